The lowest BCUT2D eigenvalue weighted by Crippen LogP contribution is -2.57. The van der Waals surface area contributed by atoms with Gasteiger partial charge in [0.15, 0.2) is 0 Å². The molecule has 2 aliphatic rings. The molecule has 1 unspecified atom stereocenters. The number of likely N-dealkylation sites (tertiary alicyclic amines) is 1. The first kappa shape index (κ1) is 27.5. The fraction of sp³-hybridized carbons (Fsp3) is 0.630. The molecule has 0 radical (unpaired) electrons. The molecule has 36 heavy (non-hydrogen) atoms. The molecule has 2 N–H and O–H groups in total. The lowest BCUT2D eigenvalue weighted by molar-refractivity contribution is -0.150. The van der Waals surface area contributed by atoms with Crippen molar-refractivity contribution in [2.45, 2.75) is 90.6 Å². The van der Waals surface area contributed by atoms with Crippen molar-refractivity contribution >= 4 is 23.9 Å². The van der Waals surface area contributed by atoms with Gasteiger partial charge in [-0.2, -0.15) is 0 Å². The maximum atomic E-state index is 13.2. The Morgan fingerprint density at radius 3 is 2.28 bits per heavy atom. The van der Waals surface area contributed by atoms with E-state index >= 15 is 0 Å². The molecule has 3 atom stereocenters. The second kappa shape index (κ2) is 11.8. The van der Waals surface area contributed by atoms with Gasteiger partial charge in [0.1, 0.15) is 30.3 Å². The van der Waals surface area contributed by atoms with Crippen LogP contribution in [0.1, 0.15) is 65.9 Å². The van der Waals surface area contributed by atoms with Crippen molar-refractivity contribution in [1.82, 2.24) is 15.5 Å². The first-order valence-corrected chi connectivity index (χ1v) is 12.8. The Bertz CT molecular complexity index is 939. The van der Waals surface area contributed by atoms with E-state index < -0.39 is 47.6 Å². The van der Waals surface area contributed by atoms with Gasteiger partial charge in [0, 0.05) is 6.54 Å². The number of hydrogen-bond acceptors (Lipinski definition) is 6. The Labute approximate surface area is 213 Å². The van der Waals surface area contributed by atoms with Crippen molar-refractivity contribution < 1.29 is 28.7 Å². The predicted octanol–water partition coefficient (Wildman–Crippen LogP) is 3.16. The molecule has 0 spiro atoms. The van der Waals surface area contributed by atoms with Gasteiger partial charge in [-0.05, 0) is 63.9 Å². The van der Waals surface area contributed by atoms with Gasteiger partial charge in [0.05, 0.1) is 0 Å². The topological polar surface area (TPSA) is 114 Å². The number of benzene rings is 1. The van der Waals surface area contributed by atoms with Crippen LogP contribution < -0.4 is 10.6 Å². The van der Waals surface area contributed by atoms with E-state index in [-0.39, 0.29) is 18.4 Å². The number of carbonyl (C=O) groups excluding carboxylic acids is 4. The van der Waals surface area contributed by atoms with Crippen LogP contribution in [0.5, 0.6) is 0 Å². The van der Waals surface area contributed by atoms with Gasteiger partial charge in [0.2, 0.25) is 11.8 Å². The van der Waals surface area contributed by atoms with Gasteiger partial charge in [-0.1, -0.05) is 44.2 Å². The fourth-order valence-electron chi connectivity index (χ4n) is 4.22. The van der Waals surface area contributed by atoms with E-state index in [2.05, 4.69) is 10.6 Å². The quantitative estimate of drug-likeness (QED) is 0.503. The number of nitrogens with zero attached hydrogens (tertiary/aromatic N) is 1. The second-order valence-electron chi connectivity index (χ2n) is 11.0. The Hall–Kier alpha value is -3.10. The summed E-state index contributed by atoms with van der Waals surface area (Å²) in [6, 6.07) is 7.03. The third-order valence-electron chi connectivity index (χ3n) is 6.30. The minimum atomic E-state index is -0.859. The number of hydrogen-bond donors (Lipinski definition) is 2. The highest BCUT2D eigenvalue weighted by molar-refractivity contribution is 5.93. The summed E-state index contributed by atoms with van der Waals surface area (Å²) >= 11 is 0. The van der Waals surface area contributed by atoms with Gasteiger partial charge in [-0.3, -0.25) is 14.5 Å². The van der Waals surface area contributed by atoms with Crippen LogP contribution >= 0.6 is 0 Å². The summed E-state index contributed by atoms with van der Waals surface area (Å²) in [5, 5.41) is 5.64. The van der Waals surface area contributed by atoms with Crippen LogP contribution in [0.2, 0.25) is 0 Å². The van der Waals surface area contributed by atoms with Crippen LogP contribution in [0.4, 0.5) is 4.79 Å². The average Bonchev–Trinajstić information content (AvgIpc) is 3.52. The normalized spacial score (nSPS) is 19.4. The number of amides is 3. The number of ether oxygens (including phenoxy) is 2. The molecule has 0 aromatic heterocycles. The molecule has 3 rings (SSSR count). The van der Waals surface area contributed by atoms with Crippen molar-refractivity contribution in [2.24, 2.45) is 11.8 Å². The monoisotopic (exact) mass is 501 g/mol. The lowest BCUT2D eigenvalue weighted by Gasteiger charge is -2.30. The maximum Gasteiger partial charge on any atom is 0.410 e. The Balaban J connectivity index is 1.61. The van der Waals surface area contributed by atoms with Gasteiger partial charge in [-0.25, -0.2) is 9.59 Å². The maximum absolute atomic E-state index is 13.2. The highest BCUT2D eigenvalue weighted by atomic mass is 16.6. The van der Waals surface area contributed by atoms with E-state index in [0.717, 1.165) is 18.4 Å². The lowest BCUT2D eigenvalue weighted by atomic mass is 10.0. The SMILES string of the molecule is CC(C)[C@@H](NC(=O)[C@@H]1CCCN1C(=O)OC(C)(C)C)C(=O)NC(C(=O)OCc1ccccc1)C1CC1. The van der Waals surface area contributed by atoms with Crippen LogP contribution in [0.15, 0.2) is 30.3 Å². The van der Waals surface area contributed by atoms with Gasteiger partial charge < -0.3 is 20.1 Å². The molecule has 1 aliphatic heterocycles. The third-order valence-corrected chi connectivity index (χ3v) is 6.30. The minimum absolute atomic E-state index is 0.0261. The third kappa shape index (κ3) is 7.70. The number of nitrogens with one attached hydrogen (secondary N) is 2. The largest absolute Gasteiger partial charge is 0.459 e. The summed E-state index contributed by atoms with van der Waals surface area (Å²) in [5.41, 5.74) is 0.193. The molecular weight excluding hydrogens is 462 g/mol. The smallest absolute Gasteiger partial charge is 0.410 e. The standard InChI is InChI=1S/C27H39N3O6/c1-17(2)21(28-23(31)20-12-9-15-30(20)26(34)36-27(3,4)5)24(32)29-22(19-13-14-19)25(33)35-16-18-10-7-6-8-11-18/h6-8,10-11,17,19-22H,9,12-16H2,1-5H3,(H,28,31)(H,29,32)/t20-,21+,22?/m0/s1. The van der Waals surface area contributed by atoms with E-state index in [0.29, 0.717) is 19.4 Å². The van der Waals surface area contributed by atoms with Crippen LogP contribution in [-0.2, 0) is 30.5 Å². The van der Waals surface area contributed by atoms with E-state index in [1.165, 1.54) is 4.90 Å². The summed E-state index contributed by atoms with van der Waals surface area (Å²) in [6.07, 6.45) is 2.29. The molecule has 9 heteroatoms. The molecule has 1 aliphatic carbocycles. The van der Waals surface area contributed by atoms with Crippen LogP contribution in [0.3, 0.4) is 0 Å². The van der Waals surface area contributed by atoms with Crippen LogP contribution in [0.25, 0.3) is 0 Å². The molecule has 198 valence electrons. The van der Waals surface area contributed by atoms with Crippen molar-refractivity contribution in [3.05, 3.63) is 35.9 Å². The molecule has 1 saturated heterocycles. The van der Waals surface area contributed by atoms with Gasteiger partial charge in [-0.15, -0.1) is 0 Å². The van der Waals surface area contributed by atoms with Crippen molar-refractivity contribution in [1.29, 1.82) is 0 Å². The summed E-state index contributed by atoms with van der Waals surface area (Å²) in [6.45, 7) is 9.52. The highest BCUT2D eigenvalue weighted by Gasteiger charge is 2.42. The predicted molar refractivity (Wildman–Crippen MR) is 134 cm³/mol. The summed E-state index contributed by atoms with van der Waals surface area (Å²) in [7, 11) is 0. The van der Waals surface area contributed by atoms with Crippen molar-refractivity contribution in [3.63, 3.8) is 0 Å². The first-order chi connectivity index (χ1) is 17.0. The number of rotatable bonds is 9. The molecule has 3 amide bonds. The average molecular weight is 502 g/mol. The molecule has 1 aromatic carbocycles. The summed E-state index contributed by atoms with van der Waals surface area (Å²) in [5.74, 6) is -1.52. The first-order valence-electron chi connectivity index (χ1n) is 12.8. The van der Waals surface area contributed by atoms with Crippen LogP contribution in [0, 0.1) is 11.8 Å². The van der Waals surface area contributed by atoms with E-state index in [1.54, 1.807) is 20.8 Å². The Morgan fingerprint density at radius 1 is 1.03 bits per heavy atom. The Kier molecular flexibility index (Phi) is 8.98. The van der Waals surface area contributed by atoms with Crippen molar-refractivity contribution in [3.8, 4) is 0 Å². The molecule has 1 saturated carbocycles. The summed E-state index contributed by atoms with van der Waals surface area (Å²) in [4.78, 5) is 53.2. The molecule has 2 fully saturated rings. The second-order valence-corrected chi connectivity index (χ2v) is 11.0. The molecule has 1 aromatic rings. The van der Waals surface area contributed by atoms with E-state index in [4.69, 9.17) is 9.47 Å². The zero-order valence-corrected chi connectivity index (χ0v) is 21.9. The zero-order valence-electron chi connectivity index (χ0n) is 21.9. The van der Waals surface area contributed by atoms with Gasteiger partial charge in [0.25, 0.3) is 0 Å². The summed E-state index contributed by atoms with van der Waals surface area (Å²) < 4.78 is 10.9. The molecule has 9 nitrogen and oxygen atoms in total. The molecule has 0 bridgehead atoms. The molecular formula is C27H39N3O6. The number of carbonyl (C=O) groups is 4. The van der Waals surface area contributed by atoms with Crippen molar-refractivity contribution in [2.75, 3.05) is 6.54 Å². The zero-order chi connectivity index (χ0) is 26.5. The number of esters is 1. The van der Waals surface area contributed by atoms with E-state index in [9.17, 15) is 19.2 Å². The highest BCUT2D eigenvalue weighted by Crippen LogP contribution is 2.33. The van der Waals surface area contributed by atoms with E-state index in [1.807, 2.05) is 44.2 Å². The minimum Gasteiger partial charge on any atom is -0.459 e. The van der Waals surface area contributed by atoms with Gasteiger partial charge >= 0.3 is 12.1 Å². The molecule has 1 heterocycles. The fourth-order valence-corrected chi connectivity index (χ4v) is 4.22. The Morgan fingerprint density at radius 2 is 1.69 bits per heavy atom. The van der Waals surface area contributed by atoms with Crippen LogP contribution in [-0.4, -0.2) is 59.0 Å².